The molecule has 0 aliphatic rings. The van der Waals surface area contributed by atoms with E-state index < -0.39 is 8.53 Å². The Balaban J connectivity index is 0. The van der Waals surface area contributed by atoms with Gasteiger partial charge in [-0.15, -0.1) is 0 Å². The first-order valence-corrected chi connectivity index (χ1v) is 5.24. The van der Waals surface area contributed by atoms with Crippen LogP contribution in [0.25, 0.3) is 0 Å². The van der Waals surface area contributed by atoms with Crippen LogP contribution >= 0.6 is 8.53 Å². The van der Waals surface area contributed by atoms with Gasteiger partial charge in [-0.2, -0.15) is 0 Å². The first-order chi connectivity index (χ1) is 6.08. The molecule has 7 heteroatoms. The summed E-state index contributed by atoms with van der Waals surface area (Å²) in [6.45, 7) is 0.767. The van der Waals surface area contributed by atoms with Gasteiger partial charge in [-0.05, 0) is 19.4 Å². The summed E-state index contributed by atoms with van der Waals surface area (Å²) in [7, 11) is -2.12. The van der Waals surface area contributed by atoms with Crippen molar-refractivity contribution in [1.29, 1.82) is 0 Å². The van der Waals surface area contributed by atoms with E-state index in [1.54, 1.807) is 0 Å². The van der Waals surface area contributed by atoms with Crippen LogP contribution in [0.2, 0.25) is 0 Å². The van der Waals surface area contributed by atoms with Gasteiger partial charge in [-0.1, -0.05) is 0 Å². The Labute approximate surface area is 79.2 Å². The molecule has 8 N–H and O–H groups in total. The van der Waals surface area contributed by atoms with Crippen molar-refractivity contribution in [1.82, 2.24) is 0 Å². The fraction of sp³-hybridized carbons (Fsp3) is 1.00. The number of aliphatic hydroxyl groups excluding tert-OH is 2. The van der Waals surface area contributed by atoms with Crippen molar-refractivity contribution in [3.05, 3.63) is 0 Å². The van der Waals surface area contributed by atoms with Crippen LogP contribution < -0.4 is 11.2 Å². The van der Waals surface area contributed by atoms with Crippen molar-refractivity contribution in [2.24, 2.45) is 17.2 Å². The summed E-state index contributed by atoms with van der Waals surface area (Å²) in [5.41, 5.74) is 9.51. The average molecular weight is 214 g/mol. The second-order valence-corrected chi connectivity index (χ2v) is 3.12. The lowest BCUT2D eigenvalue weighted by atomic mass is 10.1. The van der Waals surface area contributed by atoms with Crippen molar-refractivity contribution in [2.45, 2.75) is 12.8 Å². The predicted molar refractivity (Wildman–Crippen MR) is 51.5 cm³/mol. The highest BCUT2D eigenvalue weighted by atomic mass is 31.2. The van der Waals surface area contributed by atoms with Crippen molar-refractivity contribution >= 4 is 8.53 Å². The minimum Gasteiger partial charge on any atom is -0.396 e. The standard InChI is InChI=1S/C6H15NO2.H4NO2P/c7-3-1-2-6(4-8)5-9;1-4(2)3/h6,8-9H,1-5,7H2;2-3H,1H2. The molecule has 0 aromatic rings. The molecule has 0 radical (unpaired) electrons. The monoisotopic (exact) mass is 214 g/mol. The molecule has 0 saturated carbocycles. The molecule has 0 aliphatic carbocycles. The molecular weight excluding hydrogens is 195 g/mol. The van der Waals surface area contributed by atoms with Crippen molar-refractivity contribution in [3.63, 3.8) is 0 Å². The van der Waals surface area contributed by atoms with Gasteiger partial charge in [0.1, 0.15) is 0 Å². The fourth-order valence-corrected chi connectivity index (χ4v) is 0.647. The van der Waals surface area contributed by atoms with Gasteiger partial charge in [0, 0.05) is 19.1 Å². The van der Waals surface area contributed by atoms with Crippen LogP contribution in [-0.4, -0.2) is 39.8 Å². The molecule has 0 spiro atoms. The molecule has 0 amide bonds. The molecule has 82 valence electrons. The van der Waals surface area contributed by atoms with Crippen molar-refractivity contribution in [3.8, 4) is 0 Å². The summed E-state index contributed by atoms with van der Waals surface area (Å²) < 4.78 is 0. The lowest BCUT2D eigenvalue weighted by Crippen LogP contribution is -2.12. The zero-order valence-electron chi connectivity index (χ0n) is 7.50. The highest BCUT2D eigenvalue weighted by molar-refractivity contribution is 7.42. The molecule has 0 atom stereocenters. The molecular formula is C6H19N2O4P. The van der Waals surface area contributed by atoms with Gasteiger partial charge in [-0.3, -0.25) is 5.50 Å². The summed E-state index contributed by atoms with van der Waals surface area (Å²) >= 11 is 0. The van der Waals surface area contributed by atoms with Crippen LogP contribution in [0.15, 0.2) is 0 Å². The van der Waals surface area contributed by atoms with Gasteiger partial charge >= 0.3 is 0 Å². The number of nitrogens with two attached hydrogens (primary N) is 2. The van der Waals surface area contributed by atoms with Crippen LogP contribution in [-0.2, 0) is 0 Å². The van der Waals surface area contributed by atoms with Crippen LogP contribution in [0.1, 0.15) is 12.8 Å². The molecule has 0 saturated heterocycles. The molecule has 0 bridgehead atoms. The largest absolute Gasteiger partial charge is 0.396 e. The topological polar surface area (TPSA) is 133 Å². The fourth-order valence-electron chi connectivity index (χ4n) is 0.647. The predicted octanol–water partition coefficient (Wildman–Crippen LogP) is -1.52. The lowest BCUT2D eigenvalue weighted by molar-refractivity contribution is 0.142. The van der Waals surface area contributed by atoms with Gasteiger partial charge in [0.25, 0.3) is 0 Å². The lowest BCUT2D eigenvalue weighted by Gasteiger charge is -2.07. The van der Waals surface area contributed by atoms with Crippen LogP contribution in [0.3, 0.4) is 0 Å². The molecule has 13 heavy (non-hydrogen) atoms. The van der Waals surface area contributed by atoms with E-state index in [4.69, 9.17) is 25.7 Å². The zero-order chi connectivity index (χ0) is 10.7. The highest BCUT2D eigenvalue weighted by Gasteiger charge is 2.02. The van der Waals surface area contributed by atoms with E-state index in [-0.39, 0.29) is 19.1 Å². The SMILES string of the molecule is NCCCC(CO)CO.NP(O)O. The van der Waals surface area contributed by atoms with Gasteiger partial charge in [0.2, 0.25) is 8.53 Å². The van der Waals surface area contributed by atoms with Gasteiger partial charge in [-0.25, -0.2) is 0 Å². The Kier molecular flexibility index (Phi) is 14.7. The van der Waals surface area contributed by atoms with E-state index in [1.807, 2.05) is 0 Å². The maximum Gasteiger partial charge on any atom is 0.247 e. The number of hydrogen-bond donors (Lipinski definition) is 6. The zero-order valence-corrected chi connectivity index (χ0v) is 8.40. The maximum absolute atomic E-state index is 8.55. The summed E-state index contributed by atoms with van der Waals surface area (Å²) in [5, 5.41) is 17.1. The van der Waals surface area contributed by atoms with E-state index in [0.29, 0.717) is 6.54 Å². The van der Waals surface area contributed by atoms with Crippen LogP contribution in [0.4, 0.5) is 0 Å². The van der Waals surface area contributed by atoms with E-state index in [0.717, 1.165) is 12.8 Å². The molecule has 0 aromatic heterocycles. The second kappa shape index (κ2) is 12.2. The van der Waals surface area contributed by atoms with Crippen LogP contribution in [0, 0.1) is 5.92 Å². The molecule has 6 nitrogen and oxygen atoms in total. The number of rotatable bonds is 5. The highest BCUT2D eigenvalue weighted by Crippen LogP contribution is 2.05. The Bertz CT molecular complexity index is 89.9. The number of hydrogen-bond acceptors (Lipinski definition) is 6. The second-order valence-electron chi connectivity index (χ2n) is 2.48. The quantitative estimate of drug-likeness (QED) is 0.308. The molecule has 0 rings (SSSR count). The molecule has 0 aliphatic heterocycles. The van der Waals surface area contributed by atoms with E-state index >= 15 is 0 Å². The van der Waals surface area contributed by atoms with E-state index in [2.05, 4.69) is 5.50 Å². The van der Waals surface area contributed by atoms with Gasteiger partial charge < -0.3 is 25.7 Å². The molecule has 0 heterocycles. The van der Waals surface area contributed by atoms with Gasteiger partial charge in [0.05, 0.1) is 0 Å². The Hall–Kier alpha value is 0.190. The van der Waals surface area contributed by atoms with E-state index in [9.17, 15) is 0 Å². The Morgan fingerprint density at radius 3 is 1.77 bits per heavy atom. The number of aliphatic hydroxyl groups is 2. The normalized spacial score (nSPS) is 10.2. The maximum atomic E-state index is 8.55. The molecule has 0 aromatic carbocycles. The van der Waals surface area contributed by atoms with Crippen molar-refractivity contribution < 1.29 is 20.0 Å². The van der Waals surface area contributed by atoms with Gasteiger partial charge in [0.15, 0.2) is 0 Å². The molecule has 0 unspecified atom stereocenters. The van der Waals surface area contributed by atoms with Crippen molar-refractivity contribution in [2.75, 3.05) is 19.8 Å². The third-order valence-corrected chi connectivity index (χ3v) is 1.33. The Morgan fingerprint density at radius 1 is 1.15 bits per heavy atom. The first-order valence-electron chi connectivity index (χ1n) is 3.92. The van der Waals surface area contributed by atoms with E-state index in [1.165, 1.54) is 0 Å². The first kappa shape index (κ1) is 15.7. The van der Waals surface area contributed by atoms with Crippen LogP contribution in [0.5, 0.6) is 0 Å². The minimum atomic E-state index is -2.12. The third-order valence-electron chi connectivity index (χ3n) is 1.33. The third kappa shape index (κ3) is 18.9. The average Bonchev–Trinajstić information content (AvgIpc) is 2.06. The smallest absolute Gasteiger partial charge is 0.247 e. The molecule has 0 fully saturated rings. The Morgan fingerprint density at radius 2 is 1.54 bits per heavy atom. The summed E-state index contributed by atoms with van der Waals surface area (Å²) in [5.74, 6) is 0.0357. The summed E-state index contributed by atoms with van der Waals surface area (Å²) in [6, 6.07) is 0. The summed E-state index contributed by atoms with van der Waals surface area (Å²) in [6.07, 6.45) is 1.70. The summed E-state index contributed by atoms with van der Waals surface area (Å²) in [4.78, 5) is 14.9. The minimum absolute atomic E-state index is 0.0357.